The molecule has 1 aromatic heterocycles. The molecule has 4 rings (SSSR count). The molecule has 196 valence electrons. The van der Waals surface area contributed by atoms with E-state index in [0.29, 0.717) is 22.8 Å². The Kier molecular flexibility index (Phi) is 7.72. The highest BCUT2D eigenvalue weighted by Gasteiger charge is 2.36. The van der Waals surface area contributed by atoms with Gasteiger partial charge >= 0.3 is 6.09 Å². The lowest BCUT2D eigenvalue weighted by atomic mass is 10.1. The Labute approximate surface area is 221 Å². The van der Waals surface area contributed by atoms with Crippen LogP contribution in [0.2, 0.25) is 5.02 Å². The van der Waals surface area contributed by atoms with Gasteiger partial charge in [-0.05, 0) is 38.8 Å². The van der Waals surface area contributed by atoms with E-state index in [9.17, 15) is 18.0 Å². The maximum absolute atomic E-state index is 13.5. The van der Waals surface area contributed by atoms with Crippen LogP contribution in [0.15, 0.2) is 65.8 Å². The SMILES string of the molecule is CC(C)(C)OC(=O)NC(C(=O)NC1CCN(S(=O)(=O)c2cccc3cncc(Cl)c23)C1)c1ccccc1. The first-order valence-electron chi connectivity index (χ1n) is 11.8. The number of nitrogens with zero attached hydrogens (tertiary/aromatic N) is 2. The highest BCUT2D eigenvalue weighted by Crippen LogP contribution is 2.32. The van der Waals surface area contributed by atoms with E-state index in [-0.39, 0.29) is 23.0 Å². The van der Waals surface area contributed by atoms with E-state index in [4.69, 9.17) is 16.3 Å². The second-order valence-electron chi connectivity index (χ2n) is 9.82. The third-order valence-corrected chi connectivity index (χ3v) is 8.06. The number of pyridine rings is 1. The molecule has 0 aliphatic carbocycles. The molecule has 1 aliphatic rings. The van der Waals surface area contributed by atoms with Crippen molar-refractivity contribution in [2.24, 2.45) is 0 Å². The number of aromatic nitrogens is 1. The van der Waals surface area contributed by atoms with Gasteiger partial charge in [0.1, 0.15) is 11.6 Å². The van der Waals surface area contributed by atoms with Crippen LogP contribution in [0.1, 0.15) is 38.8 Å². The Hall–Kier alpha value is -3.21. The van der Waals surface area contributed by atoms with Gasteiger partial charge in [-0.3, -0.25) is 9.78 Å². The van der Waals surface area contributed by atoms with Crippen molar-refractivity contribution in [3.05, 3.63) is 71.5 Å². The molecule has 2 amide bonds. The lowest BCUT2D eigenvalue weighted by molar-refractivity contribution is -0.124. The number of benzene rings is 2. The summed E-state index contributed by atoms with van der Waals surface area (Å²) < 4.78 is 33.7. The zero-order valence-corrected chi connectivity index (χ0v) is 22.3. The second-order valence-corrected chi connectivity index (χ2v) is 12.1. The summed E-state index contributed by atoms with van der Waals surface area (Å²) >= 11 is 6.30. The van der Waals surface area contributed by atoms with Crippen LogP contribution < -0.4 is 10.6 Å². The van der Waals surface area contributed by atoms with Crippen molar-refractivity contribution in [3.8, 4) is 0 Å². The van der Waals surface area contributed by atoms with E-state index in [2.05, 4.69) is 15.6 Å². The van der Waals surface area contributed by atoms with E-state index in [1.165, 1.54) is 16.6 Å². The van der Waals surface area contributed by atoms with Crippen molar-refractivity contribution in [1.29, 1.82) is 0 Å². The van der Waals surface area contributed by atoms with Crippen LogP contribution in [0.25, 0.3) is 10.8 Å². The fourth-order valence-electron chi connectivity index (χ4n) is 4.23. The molecule has 2 heterocycles. The number of halogens is 1. The molecule has 0 spiro atoms. The number of rotatable bonds is 6. The summed E-state index contributed by atoms with van der Waals surface area (Å²) in [5, 5.41) is 6.81. The molecule has 2 atom stereocenters. The van der Waals surface area contributed by atoms with Gasteiger partial charge in [-0.1, -0.05) is 54.1 Å². The zero-order valence-electron chi connectivity index (χ0n) is 20.8. The summed E-state index contributed by atoms with van der Waals surface area (Å²) in [7, 11) is -3.89. The Morgan fingerprint density at radius 1 is 1.11 bits per heavy atom. The average Bonchev–Trinajstić information content (AvgIpc) is 3.31. The van der Waals surface area contributed by atoms with Crippen LogP contribution in [0.3, 0.4) is 0 Å². The number of nitrogens with one attached hydrogen (secondary N) is 2. The molecule has 3 aromatic rings. The highest BCUT2D eigenvalue weighted by atomic mass is 35.5. The number of carbonyl (C=O) groups is 2. The topological polar surface area (TPSA) is 118 Å². The summed E-state index contributed by atoms with van der Waals surface area (Å²) in [5.41, 5.74) is -0.157. The summed E-state index contributed by atoms with van der Waals surface area (Å²) in [6.07, 6.45) is 2.67. The summed E-state index contributed by atoms with van der Waals surface area (Å²) in [5.74, 6) is -0.458. The van der Waals surface area contributed by atoms with E-state index >= 15 is 0 Å². The maximum Gasteiger partial charge on any atom is 0.408 e. The molecule has 0 radical (unpaired) electrons. The first-order chi connectivity index (χ1) is 17.5. The van der Waals surface area contributed by atoms with Crippen molar-refractivity contribution >= 4 is 44.4 Å². The van der Waals surface area contributed by atoms with Crippen LogP contribution in [0.5, 0.6) is 0 Å². The van der Waals surface area contributed by atoms with Gasteiger partial charge in [0.05, 0.1) is 9.92 Å². The monoisotopic (exact) mass is 544 g/mol. The first kappa shape index (κ1) is 26.8. The minimum Gasteiger partial charge on any atom is -0.444 e. The second kappa shape index (κ2) is 10.6. The minimum absolute atomic E-state index is 0.0844. The number of fused-ring (bicyclic) bond motifs is 1. The van der Waals surface area contributed by atoms with Gasteiger partial charge in [-0.15, -0.1) is 0 Å². The van der Waals surface area contributed by atoms with Crippen LogP contribution >= 0.6 is 11.6 Å². The van der Waals surface area contributed by atoms with Gasteiger partial charge in [0.2, 0.25) is 15.9 Å². The molecular formula is C26H29ClN4O5S. The number of carbonyl (C=O) groups excluding carboxylic acids is 2. The largest absolute Gasteiger partial charge is 0.444 e. The Balaban J connectivity index is 1.50. The number of sulfonamides is 1. The highest BCUT2D eigenvalue weighted by molar-refractivity contribution is 7.89. The summed E-state index contributed by atoms with van der Waals surface area (Å²) in [6, 6.07) is 12.3. The van der Waals surface area contributed by atoms with Gasteiger partial charge in [0.25, 0.3) is 0 Å². The maximum atomic E-state index is 13.5. The standard InChI is InChI=1S/C26H29ClN4O5S/c1-26(2,3)36-25(33)30-23(17-8-5-4-6-9-17)24(32)29-19-12-13-31(16-19)37(34,35)21-11-7-10-18-14-28-15-20(27)22(18)21/h4-11,14-15,19,23H,12-13,16H2,1-3H3,(H,29,32)(H,30,33). The lowest BCUT2D eigenvalue weighted by Crippen LogP contribution is -2.46. The first-order valence-corrected chi connectivity index (χ1v) is 13.6. The Bertz CT molecular complexity index is 1400. The summed E-state index contributed by atoms with van der Waals surface area (Å²) in [4.78, 5) is 29.8. The molecule has 0 bridgehead atoms. The van der Waals surface area contributed by atoms with Crippen molar-refractivity contribution in [1.82, 2.24) is 19.9 Å². The normalized spacial score (nSPS) is 17.4. The Morgan fingerprint density at radius 2 is 1.84 bits per heavy atom. The molecule has 11 heteroatoms. The van der Waals surface area contributed by atoms with Gasteiger partial charge in [-0.25, -0.2) is 13.2 Å². The van der Waals surface area contributed by atoms with E-state index < -0.39 is 39.7 Å². The van der Waals surface area contributed by atoms with Crippen LogP contribution in [0, 0.1) is 0 Å². The van der Waals surface area contributed by atoms with Gasteiger partial charge in [-0.2, -0.15) is 4.31 Å². The molecule has 2 unspecified atom stereocenters. The smallest absolute Gasteiger partial charge is 0.408 e. The average molecular weight is 545 g/mol. The zero-order chi connectivity index (χ0) is 26.8. The summed E-state index contributed by atoms with van der Waals surface area (Å²) in [6.45, 7) is 5.51. The lowest BCUT2D eigenvalue weighted by Gasteiger charge is -2.25. The molecule has 37 heavy (non-hydrogen) atoms. The van der Waals surface area contributed by atoms with Crippen molar-refractivity contribution in [3.63, 3.8) is 0 Å². The number of hydrogen-bond acceptors (Lipinski definition) is 6. The minimum atomic E-state index is -3.89. The van der Waals surface area contributed by atoms with Crippen molar-refractivity contribution < 1.29 is 22.7 Å². The third-order valence-electron chi connectivity index (χ3n) is 5.87. The van der Waals surface area contributed by atoms with E-state index in [0.717, 1.165) is 0 Å². The third kappa shape index (κ3) is 6.20. The van der Waals surface area contributed by atoms with Crippen LogP contribution in [0.4, 0.5) is 4.79 Å². The number of alkyl carbamates (subject to hydrolysis) is 1. The number of ether oxygens (including phenoxy) is 1. The predicted molar refractivity (Wildman–Crippen MR) is 141 cm³/mol. The molecule has 1 aliphatic heterocycles. The predicted octanol–water partition coefficient (Wildman–Crippen LogP) is 4.03. The van der Waals surface area contributed by atoms with Crippen LogP contribution in [-0.2, 0) is 19.6 Å². The molecule has 9 nitrogen and oxygen atoms in total. The van der Waals surface area contributed by atoms with Crippen molar-refractivity contribution in [2.75, 3.05) is 13.1 Å². The molecule has 1 fully saturated rings. The molecule has 2 N–H and O–H groups in total. The van der Waals surface area contributed by atoms with Gasteiger partial charge < -0.3 is 15.4 Å². The molecule has 0 saturated carbocycles. The molecule has 2 aromatic carbocycles. The fraction of sp³-hybridized carbons (Fsp3) is 0.346. The van der Waals surface area contributed by atoms with E-state index in [1.807, 2.05) is 0 Å². The number of hydrogen-bond donors (Lipinski definition) is 2. The van der Waals surface area contributed by atoms with Gasteiger partial charge in [0.15, 0.2) is 0 Å². The molecular weight excluding hydrogens is 516 g/mol. The van der Waals surface area contributed by atoms with E-state index in [1.54, 1.807) is 69.4 Å². The molecule has 1 saturated heterocycles. The fourth-order valence-corrected chi connectivity index (χ4v) is 6.29. The van der Waals surface area contributed by atoms with Crippen LogP contribution in [-0.4, -0.2) is 54.4 Å². The Morgan fingerprint density at radius 3 is 2.54 bits per heavy atom. The van der Waals surface area contributed by atoms with Gasteiger partial charge in [0, 0.05) is 42.3 Å². The number of amides is 2. The van der Waals surface area contributed by atoms with Crippen molar-refractivity contribution in [2.45, 2.75) is 49.8 Å². The quantitative estimate of drug-likeness (QED) is 0.484.